The van der Waals surface area contributed by atoms with Crippen LogP contribution in [0.1, 0.15) is 56.2 Å². The molecule has 1 aromatic carbocycles. The number of rotatable bonds is 10. The molecule has 2 aromatic heterocycles. The van der Waals surface area contributed by atoms with E-state index in [0.29, 0.717) is 42.1 Å². The molecule has 3 aliphatic rings. The van der Waals surface area contributed by atoms with E-state index in [0.717, 1.165) is 53.6 Å². The highest BCUT2D eigenvalue weighted by Gasteiger charge is 2.50. The molecule has 11 nitrogen and oxygen atoms in total. The summed E-state index contributed by atoms with van der Waals surface area (Å²) in [6.45, 7) is 5.69. The van der Waals surface area contributed by atoms with Crippen molar-refractivity contribution < 1.29 is 19.1 Å². The third-order valence-corrected chi connectivity index (χ3v) is 8.45. The van der Waals surface area contributed by atoms with Gasteiger partial charge in [0.15, 0.2) is 0 Å². The number of aromatic nitrogens is 2. The summed E-state index contributed by atoms with van der Waals surface area (Å²) >= 11 is 0. The van der Waals surface area contributed by atoms with Gasteiger partial charge in [-0.1, -0.05) is 32.8 Å². The van der Waals surface area contributed by atoms with Crippen molar-refractivity contribution in [2.75, 3.05) is 38.1 Å². The quantitative estimate of drug-likeness (QED) is 0.212. The fraction of sp³-hybridized carbons (Fsp3) is 0.452. The van der Waals surface area contributed by atoms with E-state index in [2.05, 4.69) is 11.8 Å². The van der Waals surface area contributed by atoms with E-state index in [-0.39, 0.29) is 37.5 Å². The average Bonchev–Trinajstić information content (AvgIpc) is 3.34. The van der Waals surface area contributed by atoms with Crippen molar-refractivity contribution in [2.24, 2.45) is 10.7 Å². The van der Waals surface area contributed by atoms with Crippen molar-refractivity contribution in [1.82, 2.24) is 14.5 Å². The van der Waals surface area contributed by atoms with Gasteiger partial charge in [0.2, 0.25) is 5.60 Å². The van der Waals surface area contributed by atoms with E-state index in [9.17, 15) is 14.4 Å². The predicted octanol–water partition coefficient (Wildman–Crippen LogP) is 3.61. The summed E-state index contributed by atoms with van der Waals surface area (Å²) in [5.74, 6) is -1.28. The molecule has 2 N–H and O–H groups in total. The number of aliphatic imine (C=N–C) groups is 1. The Morgan fingerprint density at radius 2 is 2.02 bits per heavy atom. The summed E-state index contributed by atoms with van der Waals surface area (Å²) in [5, 5.41) is 0.970. The maximum Gasteiger partial charge on any atom is 0.355 e. The molecule has 0 saturated heterocycles. The minimum atomic E-state index is -1.73. The van der Waals surface area contributed by atoms with Gasteiger partial charge in [-0.2, -0.15) is 0 Å². The molecular weight excluding hydrogens is 572 g/mol. The number of halogens is 1. The molecule has 0 amide bonds. The van der Waals surface area contributed by atoms with Gasteiger partial charge < -0.3 is 24.7 Å². The number of carbonyl (C=O) groups excluding carboxylic acids is 2. The van der Waals surface area contributed by atoms with Gasteiger partial charge >= 0.3 is 11.9 Å². The van der Waals surface area contributed by atoms with E-state index < -0.39 is 17.5 Å². The molecule has 3 aromatic rings. The van der Waals surface area contributed by atoms with E-state index in [1.54, 1.807) is 29.5 Å². The summed E-state index contributed by atoms with van der Waals surface area (Å²) in [5.41, 5.74) is 9.16. The number of anilines is 1. The van der Waals surface area contributed by atoms with Crippen molar-refractivity contribution >= 4 is 53.0 Å². The minimum Gasteiger partial charge on any atom is -0.457 e. The van der Waals surface area contributed by atoms with Crippen molar-refractivity contribution in [3.8, 4) is 11.4 Å². The average molecular weight is 609 g/mol. The Kier molecular flexibility index (Phi) is 8.60. The number of likely N-dealkylation sites (N-methyl/N-ethyl adjacent to an activating group) is 1. The van der Waals surface area contributed by atoms with Crippen LogP contribution in [-0.2, 0) is 37.8 Å². The highest BCUT2D eigenvalue weighted by atomic mass is 35.5. The lowest BCUT2D eigenvalue weighted by atomic mass is 9.85. The van der Waals surface area contributed by atoms with Crippen LogP contribution in [0.2, 0.25) is 0 Å². The first-order valence-electron chi connectivity index (χ1n) is 14.6. The zero-order chi connectivity index (χ0) is 29.6. The SMILES string of the molecule is CCCCCN1C=Nc2cccc3nc4c(c1c23)Cn1c-4cc2c(c1=O)COC(=O)[C@@]2(CC)OC(=O)CN(C)CCN.Cl. The van der Waals surface area contributed by atoms with E-state index in [4.69, 9.17) is 25.2 Å². The molecule has 43 heavy (non-hydrogen) atoms. The molecule has 1 atom stereocenters. The highest BCUT2D eigenvalue weighted by Crippen LogP contribution is 2.47. The molecular formula is C31H37ClN6O5. The van der Waals surface area contributed by atoms with E-state index in [1.165, 1.54) is 0 Å². The normalized spacial score (nSPS) is 17.8. The monoisotopic (exact) mass is 608 g/mol. The van der Waals surface area contributed by atoms with Gasteiger partial charge in [0.05, 0.1) is 58.7 Å². The molecule has 0 spiro atoms. The lowest BCUT2D eigenvalue weighted by Gasteiger charge is -2.36. The number of pyridine rings is 2. The Balaban J connectivity index is 0.00000368. The van der Waals surface area contributed by atoms with Crippen molar-refractivity contribution in [3.63, 3.8) is 0 Å². The molecule has 0 radical (unpaired) electrons. The topological polar surface area (TPSA) is 132 Å². The lowest BCUT2D eigenvalue weighted by Crippen LogP contribution is -2.48. The Morgan fingerprint density at radius 3 is 2.77 bits per heavy atom. The number of hydrogen-bond acceptors (Lipinski definition) is 10. The molecule has 3 aliphatic heterocycles. The third kappa shape index (κ3) is 4.99. The number of nitrogens with two attached hydrogens (primary N) is 1. The van der Waals surface area contributed by atoms with Crippen LogP contribution < -0.4 is 16.2 Å². The number of benzene rings is 1. The van der Waals surface area contributed by atoms with Crippen molar-refractivity contribution in [1.29, 1.82) is 0 Å². The number of unbranched alkanes of at least 4 members (excludes halogenated alkanes) is 2. The van der Waals surface area contributed by atoms with Gasteiger partial charge in [0.1, 0.15) is 6.61 Å². The largest absolute Gasteiger partial charge is 0.457 e. The molecule has 0 saturated carbocycles. The maximum absolute atomic E-state index is 14.0. The molecule has 0 fully saturated rings. The Labute approximate surface area is 256 Å². The molecule has 12 heteroatoms. The van der Waals surface area contributed by atoms with Crippen LogP contribution in [0.3, 0.4) is 0 Å². The minimum absolute atomic E-state index is 0. The van der Waals surface area contributed by atoms with E-state index >= 15 is 0 Å². The van der Waals surface area contributed by atoms with Crippen LogP contribution in [0.15, 0.2) is 34.1 Å². The highest BCUT2D eigenvalue weighted by molar-refractivity contribution is 6.11. The van der Waals surface area contributed by atoms with Crippen molar-refractivity contribution in [2.45, 2.75) is 58.3 Å². The standard InChI is InChI=1S/C31H36N6O5.ClH/c1-4-6-7-12-36-18-33-22-9-8-10-23-26(22)28(36)19-15-37-24(27(19)34-23)14-21-20(29(37)39)17-41-30(40)31(21,5-2)42-25(38)16-35(3)13-11-32;/h8-10,14,18H,4-7,11-13,15-17,32H2,1-3H3;1H/t31-;/m0./s1. The molecule has 0 bridgehead atoms. The molecule has 0 unspecified atom stereocenters. The zero-order valence-corrected chi connectivity index (χ0v) is 25.5. The smallest absolute Gasteiger partial charge is 0.355 e. The van der Waals surface area contributed by atoms with Gasteiger partial charge in [-0.25, -0.2) is 14.8 Å². The second-order valence-electron chi connectivity index (χ2n) is 11.2. The molecule has 5 heterocycles. The summed E-state index contributed by atoms with van der Waals surface area (Å²) in [7, 11) is 1.75. The lowest BCUT2D eigenvalue weighted by molar-refractivity contribution is -0.189. The maximum atomic E-state index is 14.0. The molecule has 6 rings (SSSR count). The second kappa shape index (κ2) is 12.1. The fourth-order valence-corrected chi connectivity index (χ4v) is 6.31. The Hall–Kier alpha value is -3.80. The summed E-state index contributed by atoms with van der Waals surface area (Å²) in [6, 6.07) is 7.67. The number of fused-ring (bicyclic) bond motifs is 5. The number of hydrogen-bond donors (Lipinski definition) is 1. The van der Waals surface area contributed by atoms with Gasteiger partial charge in [-0.3, -0.25) is 14.5 Å². The first-order valence-corrected chi connectivity index (χ1v) is 14.6. The van der Waals surface area contributed by atoms with Crippen LogP contribution >= 0.6 is 12.4 Å². The number of ether oxygens (including phenoxy) is 2. The Morgan fingerprint density at radius 1 is 1.21 bits per heavy atom. The fourth-order valence-electron chi connectivity index (χ4n) is 6.31. The number of nitrogens with zero attached hydrogens (tertiary/aromatic N) is 5. The van der Waals surface area contributed by atoms with Gasteiger partial charge in [-0.05, 0) is 38.1 Å². The van der Waals surface area contributed by atoms with E-state index in [1.807, 2.05) is 24.5 Å². The predicted molar refractivity (Wildman–Crippen MR) is 167 cm³/mol. The third-order valence-electron chi connectivity index (χ3n) is 8.45. The Bertz CT molecular complexity index is 1690. The summed E-state index contributed by atoms with van der Waals surface area (Å²) < 4.78 is 13.1. The van der Waals surface area contributed by atoms with Crippen LogP contribution in [0.5, 0.6) is 0 Å². The van der Waals surface area contributed by atoms with Crippen LogP contribution in [-0.4, -0.2) is 66.0 Å². The first kappa shape index (κ1) is 30.7. The molecule has 0 aliphatic carbocycles. The second-order valence-corrected chi connectivity index (χ2v) is 11.2. The number of esters is 2. The zero-order valence-electron chi connectivity index (χ0n) is 24.7. The number of cyclic esters (lactones) is 1. The van der Waals surface area contributed by atoms with Crippen LogP contribution in [0.4, 0.5) is 11.4 Å². The first-order chi connectivity index (χ1) is 20.3. The van der Waals surface area contributed by atoms with Gasteiger partial charge in [0.25, 0.3) is 5.56 Å². The van der Waals surface area contributed by atoms with Crippen LogP contribution in [0.25, 0.3) is 22.3 Å². The summed E-state index contributed by atoms with van der Waals surface area (Å²) in [6.07, 6.45) is 5.20. The van der Waals surface area contributed by atoms with Gasteiger partial charge in [-0.15, -0.1) is 12.4 Å². The number of carbonyl (C=O) groups is 2. The summed E-state index contributed by atoms with van der Waals surface area (Å²) in [4.78, 5) is 54.0. The van der Waals surface area contributed by atoms with Crippen molar-refractivity contribution in [3.05, 3.63) is 51.3 Å². The molecule has 228 valence electrons. The van der Waals surface area contributed by atoms with Crippen LogP contribution in [0, 0.1) is 0 Å². The van der Waals surface area contributed by atoms with Gasteiger partial charge in [0, 0.05) is 30.8 Å².